The number of nitriles is 1. The van der Waals surface area contributed by atoms with Gasteiger partial charge in [0.2, 0.25) is 11.9 Å². The highest BCUT2D eigenvalue weighted by atomic mass is 35.5. The van der Waals surface area contributed by atoms with E-state index in [0.29, 0.717) is 99.2 Å². The third-order valence-corrected chi connectivity index (χ3v) is 16.2. The number of halogens is 2. The number of piperidine rings is 2. The first-order chi connectivity index (χ1) is 36.4. The third-order valence-electron chi connectivity index (χ3n) is 15.4. The number of nitrogens with zero attached hydrogens (tertiary/aromatic N) is 13. The molecule has 1 amide bonds. The van der Waals surface area contributed by atoms with Crippen molar-refractivity contribution in [3.63, 3.8) is 0 Å². The van der Waals surface area contributed by atoms with E-state index in [0.717, 1.165) is 89.9 Å². The average Bonchev–Trinajstić information content (AvgIpc) is 4.33. The molecule has 14 rings (SSSR count). The maximum atomic E-state index is 12.6. The molecule has 376 valence electrons. The van der Waals surface area contributed by atoms with Crippen LogP contribution in [0.2, 0.25) is 10.0 Å². The molecule has 0 bridgehead atoms. The largest absolute Gasteiger partial charge is 0.364 e. The number of benzene rings is 4. The fourth-order valence-electron chi connectivity index (χ4n) is 10.7. The fourth-order valence-corrected chi connectivity index (χ4v) is 11.3. The molecule has 10 aromatic rings. The smallest absolute Gasteiger partial charge is 0.268 e. The predicted molar refractivity (Wildman–Crippen MR) is 288 cm³/mol. The Balaban J connectivity index is 0.000000144. The van der Waals surface area contributed by atoms with Crippen LogP contribution in [0.1, 0.15) is 90.8 Å². The van der Waals surface area contributed by atoms with E-state index >= 15 is 0 Å². The van der Waals surface area contributed by atoms with Crippen LogP contribution in [0, 0.1) is 11.3 Å². The molecule has 2 saturated heterocycles. The Morgan fingerprint density at radius 2 is 1.05 bits per heavy atom. The highest BCUT2D eigenvalue weighted by Crippen LogP contribution is 2.43. The first kappa shape index (κ1) is 46.7. The van der Waals surface area contributed by atoms with Crippen LogP contribution in [-0.4, -0.2) is 92.0 Å². The zero-order chi connectivity index (χ0) is 51.2. The standard InChI is InChI=1S/C27H26ClN9O.C27H24ClN9/c28-21-17(8-9-19-18(21)14-37(35-19)16-6-7-16)22-20-23(24(29)38)31-26(32-25(20)34-33-22)36-12-10-27(30,11-13-36)15-4-2-1-3-5-15;28-23-18(8-9-20-19(23)15-37(35-20)17-6-7-17)24-22-21(14-29)31-26(32-25(22)34-33-24)36-12-10-27(30,11-13-36)16-4-2-1-3-5-16/h1-5,8-9,14,16H,6-7,10-13,30H2,(H2,29,38)(H,31,32,33,34);1-5,8-9,15,17H,6-7,10-13,30H2,(H,31,32,33,34). The van der Waals surface area contributed by atoms with Crippen LogP contribution < -0.4 is 27.0 Å². The van der Waals surface area contributed by atoms with Gasteiger partial charge in [-0.1, -0.05) is 83.9 Å². The SMILES string of the molecule is N#Cc1nc(N2CCC(N)(c3ccccc3)CC2)nc2[nH]nc(-c3ccc4nn(C5CC5)cc4c3Cl)c12.NC(=O)c1nc(N2CCC(N)(c3ccccc3)CC2)nc2[nH]nc(-c3ccc4nn(C5CC5)cc4c3Cl)c12. The minimum absolute atomic E-state index is 0.103. The van der Waals surface area contributed by atoms with Gasteiger partial charge in [-0.25, -0.2) is 9.97 Å². The van der Waals surface area contributed by atoms with Gasteiger partial charge in [-0.3, -0.25) is 24.4 Å². The van der Waals surface area contributed by atoms with E-state index < -0.39 is 11.4 Å². The molecule has 0 spiro atoms. The Labute approximate surface area is 439 Å². The number of H-pyrrole nitrogens is 2. The number of nitrogens with one attached hydrogen (secondary N) is 2. The van der Waals surface area contributed by atoms with Gasteiger partial charge in [0, 0.05) is 71.5 Å². The summed E-state index contributed by atoms with van der Waals surface area (Å²) in [6, 6.07) is 31.1. The van der Waals surface area contributed by atoms with Gasteiger partial charge in [0.05, 0.1) is 43.9 Å². The summed E-state index contributed by atoms with van der Waals surface area (Å²) in [6.07, 6.45) is 11.5. The summed E-state index contributed by atoms with van der Waals surface area (Å²) in [5.74, 6) is 0.264. The molecule has 2 aliphatic heterocycles. The molecular weight excluding hydrogens is 988 g/mol. The molecule has 2 saturated carbocycles. The number of hydrogen-bond acceptors (Lipinski definition) is 14. The summed E-state index contributed by atoms with van der Waals surface area (Å²) in [6.45, 7) is 2.67. The van der Waals surface area contributed by atoms with Gasteiger partial charge < -0.3 is 27.0 Å². The van der Waals surface area contributed by atoms with Crippen LogP contribution in [0.15, 0.2) is 97.3 Å². The Bertz CT molecular complexity index is 3890. The average molecular weight is 1040 g/mol. The van der Waals surface area contributed by atoms with Crippen molar-refractivity contribution in [1.82, 2.24) is 59.9 Å². The summed E-state index contributed by atoms with van der Waals surface area (Å²) < 4.78 is 3.96. The topological polar surface area (TPSA) is 270 Å². The second-order valence-corrected chi connectivity index (χ2v) is 21.0. The number of anilines is 2. The van der Waals surface area contributed by atoms with Crippen molar-refractivity contribution in [2.24, 2.45) is 17.2 Å². The number of amides is 1. The van der Waals surface area contributed by atoms with Gasteiger partial charge in [-0.15, -0.1) is 0 Å². The first-order valence-electron chi connectivity index (χ1n) is 25.2. The normalized spacial score (nSPS) is 17.4. The Kier molecular flexibility index (Phi) is 11.3. The van der Waals surface area contributed by atoms with Crippen molar-refractivity contribution in [2.75, 3.05) is 36.0 Å². The molecular formula is C54H50Cl2N18O. The molecule has 4 aliphatic rings. The molecule has 0 unspecified atom stereocenters. The van der Waals surface area contributed by atoms with E-state index in [1.165, 1.54) is 0 Å². The zero-order valence-corrected chi connectivity index (χ0v) is 42.1. The lowest BCUT2D eigenvalue weighted by Crippen LogP contribution is -2.48. The highest BCUT2D eigenvalue weighted by molar-refractivity contribution is 6.39. The lowest BCUT2D eigenvalue weighted by Gasteiger charge is -2.39. The van der Waals surface area contributed by atoms with Gasteiger partial charge in [0.25, 0.3) is 5.91 Å². The quantitative estimate of drug-likeness (QED) is 0.0906. The highest BCUT2D eigenvalue weighted by Gasteiger charge is 2.36. The van der Waals surface area contributed by atoms with E-state index in [2.05, 4.69) is 75.8 Å². The monoisotopic (exact) mass is 1040 g/mol. The molecule has 21 heteroatoms. The van der Waals surface area contributed by atoms with E-state index in [4.69, 9.17) is 50.4 Å². The molecule has 0 radical (unpaired) electrons. The van der Waals surface area contributed by atoms with Gasteiger partial charge in [0.1, 0.15) is 23.2 Å². The second kappa shape index (κ2) is 18.1. The molecule has 8 heterocycles. The van der Waals surface area contributed by atoms with Crippen molar-refractivity contribution in [2.45, 2.75) is 74.5 Å². The number of aromatic amines is 2. The Morgan fingerprint density at radius 1 is 0.613 bits per heavy atom. The summed E-state index contributed by atoms with van der Waals surface area (Å²) >= 11 is 13.7. The van der Waals surface area contributed by atoms with Crippen molar-refractivity contribution in [3.8, 4) is 28.6 Å². The number of carbonyl (C=O) groups is 1. The molecule has 6 aromatic heterocycles. The number of hydrogen-bond donors (Lipinski definition) is 5. The third kappa shape index (κ3) is 8.34. The number of nitrogens with two attached hydrogens (primary N) is 3. The molecule has 4 fully saturated rings. The number of aromatic nitrogens is 12. The van der Waals surface area contributed by atoms with Crippen LogP contribution in [0.4, 0.5) is 11.9 Å². The molecule has 19 nitrogen and oxygen atoms in total. The number of primary amides is 1. The van der Waals surface area contributed by atoms with E-state index in [9.17, 15) is 10.1 Å². The second-order valence-electron chi connectivity index (χ2n) is 20.2. The number of rotatable bonds is 9. The van der Waals surface area contributed by atoms with Crippen LogP contribution in [-0.2, 0) is 11.1 Å². The maximum absolute atomic E-state index is 12.6. The lowest BCUT2D eigenvalue weighted by molar-refractivity contribution is 0.0997. The Morgan fingerprint density at radius 3 is 1.49 bits per heavy atom. The van der Waals surface area contributed by atoms with Crippen molar-refractivity contribution >= 4 is 84.9 Å². The van der Waals surface area contributed by atoms with E-state index in [1.807, 2.05) is 87.3 Å². The van der Waals surface area contributed by atoms with E-state index in [-0.39, 0.29) is 16.9 Å². The summed E-state index contributed by atoms with van der Waals surface area (Å²) in [4.78, 5) is 35.4. The summed E-state index contributed by atoms with van der Waals surface area (Å²) in [5, 5.41) is 38.1. The molecule has 75 heavy (non-hydrogen) atoms. The molecule has 0 atom stereocenters. The van der Waals surface area contributed by atoms with Crippen molar-refractivity contribution in [1.29, 1.82) is 5.26 Å². The number of fused-ring (bicyclic) bond motifs is 4. The number of carbonyl (C=O) groups excluding carboxylic acids is 1. The summed E-state index contributed by atoms with van der Waals surface area (Å²) in [7, 11) is 0. The molecule has 4 aromatic carbocycles. The van der Waals surface area contributed by atoms with Gasteiger partial charge in [-0.2, -0.15) is 35.6 Å². The zero-order valence-electron chi connectivity index (χ0n) is 40.6. The van der Waals surface area contributed by atoms with Crippen molar-refractivity contribution in [3.05, 3.63) is 130 Å². The van der Waals surface area contributed by atoms with Crippen LogP contribution >= 0.6 is 23.2 Å². The Hall–Kier alpha value is -8.02. The van der Waals surface area contributed by atoms with Crippen LogP contribution in [0.5, 0.6) is 0 Å². The minimum atomic E-state index is -0.658. The summed E-state index contributed by atoms with van der Waals surface area (Å²) in [5.41, 5.74) is 26.2. The van der Waals surface area contributed by atoms with Crippen molar-refractivity contribution < 1.29 is 4.79 Å². The molecule has 8 N–H and O–H groups in total. The fraction of sp³-hybridized carbons (Fsp3) is 0.296. The predicted octanol–water partition coefficient (Wildman–Crippen LogP) is 8.60. The maximum Gasteiger partial charge on any atom is 0.268 e. The minimum Gasteiger partial charge on any atom is -0.364 e. The molecule has 2 aliphatic carbocycles. The lowest BCUT2D eigenvalue weighted by atomic mass is 9.82. The van der Waals surface area contributed by atoms with Gasteiger partial charge in [0.15, 0.2) is 17.0 Å². The van der Waals surface area contributed by atoms with Crippen LogP contribution in [0.25, 0.3) is 66.4 Å². The van der Waals surface area contributed by atoms with Gasteiger partial charge in [-0.05, 0) is 86.8 Å². The van der Waals surface area contributed by atoms with Crippen LogP contribution in [0.3, 0.4) is 0 Å². The van der Waals surface area contributed by atoms with E-state index in [1.54, 1.807) is 0 Å². The van der Waals surface area contributed by atoms with Gasteiger partial charge >= 0.3 is 0 Å². The first-order valence-corrected chi connectivity index (χ1v) is 26.0.